The second kappa shape index (κ2) is 9.99. The van der Waals surface area contributed by atoms with Crippen LogP contribution in [-0.2, 0) is 19.2 Å². The Bertz CT molecular complexity index is 1220. The van der Waals surface area contributed by atoms with Gasteiger partial charge in [0.1, 0.15) is 12.6 Å². The number of carbonyl (C=O) groups is 4. The van der Waals surface area contributed by atoms with Gasteiger partial charge in [0.2, 0.25) is 23.6 Å². The molecule has 174 valence electrons. The maximum Gasteiger partial charge on any atom is 0.248 e. The van der Waals surface area contributed by atoms with E-state index >= 15 is 0 Å². The lowest BCUT2D eigenvalue weighted by Crippen LogP contribution is -2.42. The fourth-order valence-corrected chi connectivity index (χ4v) is 3.59. The van der Waals surface area contributed by atoms with Gasteiger partial charge in [-0.05, 0) is 43.3 Å². The Morgan fingerprint density at radius 1 is 1.03 bits per heavy atom. The second-order valence-electron chi connectivity index (χ2n) is 7.83. The predicted octanol–water partition coefficient (Wildman–Crippen LogP) is 2.79. The first kappa shape index (κ1) is 22.7. The fourth-order valence-electron chi connectivity index (χ4n) is 3.59. The standard InChI is InChI=1S/C24H24N6O4/c1-16(30-13-5-12-25-30)24(34)27-18-7-4-6-17(14-18)26-21(31)10-11-23(33)29-15-22(32)28-19-8-2-3-9-20(19)29/h2-9,12-14,16H,10-11,15H2,1H3,(H,26,31)(H,27,34)(H,28,32)/t16-/m1/s1. The van der Waals surface area contributed by atoms with Gasteiger partial charge >= 0.3 is 0 Å². The number of benzene rings is 2. The number of hydrogen-bond donors (Lipinski definition) is 3. The van der Waals surface area contributed by atoms with E-state index in [0.29, 0.717) is 22.7 Å². The molecule has 2 aromatic carbocycles. The monoisotopic (exact) mass is 460 g/mol. The first-order chi connectivity index (χ1) is 16.4. The molecular weight excluding hydrogens is 436 g/mol. The quantitative estimate of drug-likeness (QED) is 0.500. The van der Waals surface area contributed by atoms with E-state index in [4.69, 9.17) is 0 Å². The van der Waals surface area contributed by atoms with Crippen molar-refractivity contribution in [3.8, 4) is 0 Å². The molecule has 0 saturated carbocycles. The summed E-state index contributed by atoms with van der Waals surface area (Å²) in [6.45, 7) is 1.64. The highest BCUT2D eigenvalue weighted by Gasteiger charge is 2.26. The van der Waals surface area contributed by atoms with Gasteiger partial charge in [0.05, 0.1) is 11.4 Å². The molecule has 0 saturated heterocycles. The van der Waals surface area contributed by atoms with Crippen molar-refractivity contribution in [1.29, 1.82) is 0 Å². The van der Waals surface area contributed by atoms with Gasteiger partial charge in [0.25, 0.3) is 0 Å². The Morgan fingerprint density at radius 2 is 1.79 bits per heavy atom. The number of fused-ring (bicyclic) bond motifs is 1. The average Bonchev–Trinajstić information content (AvgIpc) is 3.36. The first-order valence-corrected chi connectivity index (χ1v) is 10.8. The molecule has 3 N–H and O–H groups in total. The number of nitrogens with one attached hydrogen (secondary N) is 3. The van der Waals surface area contributed by atoms with E-state index in [-0.39, 0.29) is 43.0 Å². The molecule has 0 aliphatic carbocycles. The highest BCUT2D eigenvalue weighted by molar-refractivity contribution is 6.10. The van der Waals surface area contributed by atoms with Gasteiger partial charge in [0.15, 0.2) is 0 Å². The van der Waals surface area contributed by atoms with Crippen LogP contribution in [0, 0.1) is 0 Å². The van der Waals surface area contributed by atoms with Gasteiger partial charge in [-0.3, -0.25) is 23.9 Å². The van der Waals surface area contributed by atoms with Gasteiger partial charge in [-0.2, -0.15) is 5.10 Å². The molecule has 34 heavy (non-hydrogen) atoms. The SMILES string of the molecule is C[C@H](C(=O)Nc1cccc(NC(=O)CCC(=O)N2CC(=O)Nc3ccccc32)c1)n1cccn1. The van der Waals surface area contributed by atoms with Crippen LogP contribution in [0.3, 0.4) is 0 Å². The van der Waals surface area contributed by atoms with Crippen molar-refractivity contribution < 1.29 is 19.2 Å². The third-order valence-electron chi connectivity index (χ3n) is 5.35. The van der Waals surface area contributed by atoms with Crippen LogP contribution in [0.15, 0.2) is 67.0 Å². The Hall–Kier alpha value is -4.47. The fraction of sp³-hybridized carbons (Fsp3) is 0.208. The molecule has 1 atom stereocenters. The minimum absolute atomic E-state index is 0.0496. The summed E-state index contributed by atoms with van der Waals surface area (Å²) >= 11 is 0. The van der Waals surface area contributed by atoms with Crippen LogP contribution in [-0.4, -0.2) is 40.0 Å². The van der Waals surface area contributed by atoms with E-state index in [0.717, 1.165) is 0 Å². The highest BCUT2D eigenvalue weighted by atomic mass is 16.2. The number of nitrogens with zero attached hydrogens (tertiary/aromatic N) is 3. The summed E-state index contributed by atoms with van der Waals surface area (Å²) in [6.07, 6.45) is 3.21. The molecule has 2 heterocycles. The molecule has 10 nitrogen and oxygen atoms in total. The van der Waals surface area contributed by atoms with Crippen LogP contribution in [0.2, 0.25) is 0 Å². The molecule has 3 aromatic rings. The van der Waals surface area contributed by atoms with Crippen LogP contribution in [0.1, 0.15) is 25.8 Å². The summed E-state index contributed by atoms with van der Waals surface area (Å²) in [6, 6.07) is 15.0. The van der Waals surface area contributed by atoms with Crippen LogP contribution in [0.5, 0.6) is 0 Å². The van der Waals surface area contributed by atoms with Gasteiger partial charge in [-0.15, -0.1) is 0 Å². The summed E-state index contributed by atoms with van der Waals surface area (Å²) in [7, 11) is 0. The number of amides is 4. The summed E-state index contributed by atoms with van der Waals surface area (Å²) in [5.74, 6) is -1.19. The molecule has 1 aliphatic rings. The minimum atomic E-state index is -0.499. The molecular formula is C24H24N6O4. The average molecular weight is 460 g/mol. The summed E-state index contributed by atoms with van der Waals surface area (Å²) in [5, 5.41) is 12.3. The molecule has 1 aliphatic heterocycles. The van der Waals surface area contributed by atoms with Gasteiger partial charge in [-0.1, -0.05) is 18.2 Å². The third kappa shape index (κ3) is 5.29. The Labute approximate surface area is 195 Å². The van der Waals surface area contributed by atoms with Gasteiger partial charge < -0.3 is 20.9 Å². The molecule has 0 fully saturated rings. The van der Waals surface area contributed by atoms with Crippen molar-refractivity contribution in [1.82, 2.24) is 9.78 Å². The topological polar surface area (TPSA) is 125 Å². The molecule has 4 amide bonds. The van der Waals surface area contributed by atoms with E-state index < -0.39 is 6.04 Å². The van der Waals surface area contributed by atoms with Crippen LogP contribution >= 0.6 is 0 Å². The van der Waals surface area contributed by atoms with E-state index in [1.165, 1.54) is 4.90 Å². The Morgan fingerprint density at radius 3 is 2.56 bits per heavy atom. The highest BCUT2D eigenvalue weighted by Crippen LogP contribution is 2.29. The minimum Gasteiger partial charge on any atom is -0.326 e. The lowest BCUT2D eigenvalue weighted by molar-refractivity contribution is -0.124. The molecule has 10 heteroatoms. The molecule has 4 rings (SSSR count). The lowest BCUT2D eigenvalue weighted by Gasteiger charge is -2.29. The van der Waals surface area contributed by atoms with Crippen molar-refractivity contribution in [3.63, 3.8) is 0 Å². The van der Waals surface area contributed by atoms with Crippen LogP contribution in [0.25, 0.3) is 0 Å². The normalized spacial score (nSPS) is 13.4. The molecule has 0 bridgehead atoms. The molecule has 0 unspecified atom stereocenters. The van der Waals surface area contributed by atoms with E-state index in [2.05, 4.69) is 21.0 Å². The lowest BCUT2D eigenvalue weighted by atomic mass is 10.1. The van der Waals surface area contributed by atoms with E-state index in [9.17, 15) is 19.2 Å². The van der Waals surface area contributed by atoms with Crippen molar-refractivity contribution in [2.24, 2.45) is 0 Å². The van der Waals surface area contributed by atoms with E-state index in [1.807, 2.05) is 0 Å². The van der Waals surface area contributed by atoms with Crippen LogP contribution < -0.4 is 20.9 Å². The van der Waals surface area contributed by atoms with Gasteiger partial charge in [0, 0.05) is 36.6 Å². The number of anilines is 4. The number of carbonyl (C=O) groups excluding carboxylic acids is 4. The number of rotatable bonds is 7. The largest absolute Gasteiger partial charge is 0.326 e. The van der Waals surface area contributed by atoms with Crippen molar-refractivity contribution in [2.45, 2.75) is 25.8 Å². The predicted molar refractivity (Wildman–Crippen MR) is 127 cm³/mol. The molecule has 1 aromatic heterocycles. The second-order valence-corrected chi connectivity index (χ2v) is 7.83. The van der Waals surface area contributed by atoms with Crippen molar-refractivity contribution in [3.05, 3.63) is 67.0 Å². The zero-order valence-electron chi connectivity index (χ0n) is 18.5. The summed E-state index contributed by atoms with van der Waals surface area (Å²) in [4.78, 5) is 50.9. The zero-order chi connectivity index (χ0) is 24.1. The number of para-hydroxylation sites is 2. The summed E-state index contributed by atoms with van der Waals surface area (Å²) < 4.78 is 1.54. The summed E-state index contributed by atoms with van der Waals surface area (Å²) in [5.41, 5.74) is 2.19. The van der Waals surface area contributed by atoms with Crippen LogP contribution in [0.4, 0.5) is 22.7 Å². The first-order valence-electron chi connectivity index (χ1n) is 10.8. The zero-order valence-corrected chi connectivity index (χ0v) is 18.5. The van der Waals surface area contributed by atoms with E-state index in [1.54, 1.807) is 78.6 Å². The number of hydrogen-bond acceptors (Lipinski definition) is 5. The maximum absolute atomic E-state index is 12.7. The van der Waals surface area contributed by atoms with Crippen molar-refractivity contribution >= 4 is 46.4 Å². The van der Waals surface area contributed by atoms with Crippen molar-refractivity contribution in [2.75, 3.05) is 27.4 Å². The Balaban J connectivity index is 1.32. The maximum atomic E-state index is 12.7. The molecule has 0 spiro atoms. The van der Waals surface area contributed by atoms with Gasteiger partial charge in [-0.25, -0.2) is 0 Å². The number of aromatic nitrogens is 2. The smallest absolute Gasteiger partial charge is 0.248 e. The molecule has 0 radical (unpaired) electrons. The Kier molecular flexibility index (Phi) is 6.67. The third-order valence-corrected chi connectivity index (χ3v) is 5.35.